The number of rotatable bonds is 10. The maximum Gasteiger partial charge on any atom is 0.141 e. The number of unbranched alkanes of at least 4 members (excludes halogenated alkanes) is 2. The molecule has 0 saturated heterocycles. The van der Waals surface area contributed by atoms with Crippen LogP contribution in [0.25, 0.3) is 0 Å². The van der Waals surface area contributed by atoms with Crippen LogP contribution in [0.4, 0.5) is 4.39 Å². The molecule has 2 aliphatic rings. The second-order valence-corrected chi connectivity index (χ2v) is 9.89. The molecule has 0 bridgehead atoms. The van der Waals surface area contributed by atoms with Crippen molar-refractivity contribution in [2.75, 3.05) is 0 Å². The van der Waals surface area contributed by atoms with E-state index >= 15 is 0 Å². The zero-order chi connectivity index (χ0) is 21.2. The van der Waals surface area contributed by atoms with Crippen LogP contribution in [-0.4, -0.2) is 0 Å². The van der Waals surface area contributed by atoms with Gasteiger partial charge in [-0.1, -0.05) is 82.4 Å². The predicted molar refractivity (Wildman–Crippen MR) is 124 cm³/mol. The number of allylic oxidation sites excluding steroid dienone is 2. The zero-order valence-corrected chi connectivity index (χ0v) is 19.0. The first kappa shape index (κ1) is 23.1. The molecule has 1 atom stereocenters. The van der Waals surface area contributed by atoms with Crippen LogP contribution in [0.15, 0.2) is 29.8 Å². The minimum absolute atomic E-state index is 0.142. The van der Waals surface area contributed by atoms with E-state index in [-0.39, 0.29) is 11.4 Å². The van der Waals surface area contributed by atoms with Crippen LogP contribution in [0, 0.1) is 34.9 Å². The molecule has 0 spiro atoms. The molecule has 0 aliphatic heterocycles. The van der Waals surface area contributed by atoms with E-state index in [1.807, 2.05) is 12.1 Å². The Bertz CT molecular complexity index is 721. The van der Waals surface area contributed by atoms with E-state index < -0.39 is 0 Å². The van der Waals surface area contributed by atoms with E-state index in [2.05, 4.69) is 13.0 Å². The first-order chi connectivity index (χ1) is 14.7. The number of nitriles is 1. The van der Waals surface area contributed by atoms with Crippen molar-refractivity contribution in [1.29, 1.82) is 5.26 Å². The van der Waals surface area contributed by atoms with Crippen molar-refractivity contribution in [3.05, 3.63) is 46.8 Å². The number of halogens is 1. The number of nitrogens with zero attached hydrogens (tertiary/aromatic N) is 1. The Morgan fingerprint density at radius 1 is 0.933 bits per heavy atom. The molecule has 1 unspecified atom stereocenters. The van der Waals surface area contributed by atoms with Gasteiger partial charge in [-0.3, -0.25) is 0 Å². The molecule has 1 nitrogen and oxygen atoms in total. The highest BCUT2D eigenvalue weighted by atomic mass is 19.1. The summed E-state index contributed by atoms with van der Waals surface area (Å²) in [5.74, 6) is 2.51. The molecule has 1 aromatic rings. The van der Waals surface area contributed by atoms with Gasteiger partial charge < -0.3 is 0 Å². The summed E-state index contributed by atoms with van der Waals surface area (Å²) in [6.45, 7) is 2.30. The van der Waals surface area contributed by atoms with Gasteiger partial charge in [0.25, 0.3) is 0 Å². The normalized spacial score (nSPS) is 24.3. The molecule has 30 heavy (non-hydrogen) atoms. The molecule has 0 aromatic heterocycles. The number of benzene rings is 1. The third-order valence-electron chi connectivity index (χ3n) is 7.67. The minimum atomic E-state index is -0.386. The fourth-order valence-corrected chi connectivity index (χ4v) is 5.50. The maximum absolute atomic E-state index is 13.8. The molecule has 1 fully saturated rings. The van der Waals surface area contributed by atoms with Crippen LogP contribution in [0.2, 0.25) is 0 Å². The summed E-state index contributed by atoms with van der Waals surface area (Å²) in [5, 5.41) is 8.85. The topological polar surface area (TPSA) is 23.8 Å². The highest BCUT2D eigenvalue weighted by molar-refractivity contribution is 5.33. The summed E-state index contributed by atoms with van der Waals surface area (Å²) < 4.78 is 13.8. The average molecular weight is 410 g/mol. The highest BCUT2D eigenvalue weighted by Crippen LogP contribution is 2.37. The van der Waals surface area contributed by atoms with Crippen LogP contribution in [0.5, 0.6) is 0 Å². The van der Waals surface area contributed by atoms with Crippen molar-refractivity contribution in [3.8, 4) is 6.07 Å². The summed E-state index contributed by atoms with van der Waals surface area (Å²) in [7, 11) is 0. The molecule has 0 N–H and O–H groups in total. The summed E-state index contributed by atoms with van der Waals surface area (Å²) in [6, 6.07) is 6.93. The zero-order valence-electron chi connectivity index (χ0n) is 19.0. The minimum Gasteiger partial charge on any atom is -0.206 e. The predicted octanol–water partition coefficient (Wildman–Crippen LogP) is 8.52. The van der Waals surface area contributed by atoms with E-state index in [1.54, 1.807) is 11.6 Å². The Labute approximate surface area is 183 Å². The molecule has 2 aliphatic carbocycles. The summed E-state index contributed by atoms with van der Waals surface area (Å²) in [6.07, 6.45) is 22.6. The Balaban J connectivity index is 1.31. The molecule has 2 heteroatoms. The van der Waals surface area contributed by atoms with E-state index in [4.69, 9.17) is 5.26 Å². The lowest BCUT2D eigenvalue weighted by atomic mass is 9.76. The highest BCUT2D eigenvalue weighted by Gasteiger charge is 2.22. The quantitative estimate of drug-likeness (QED) is 0.280. The van der Waals surface area contributed by atoms with Gasteiger partial charge in [0.05, 0.1) is 5.56 Å². The number of aryl methyl sites for hydroxylation is 1. The van der Waals surface area contributed by atoms with E-state index in [0.717, 1.165) is 36.2 Å². The van der Waals surface area contributed by atoms with Crippen LogP contribution in [-0.2, 0) is 6.42 Å². The molecule has 164 valence electrons. The fraction of sp³-hybridized carbons (Fsp3) is 0.679. The smallest absolute Gasteiger partial charge is 0.141 e. The fourth-order valence-electron chi connectivity index (χ4n) is 5.50. The lowest BCUT2D eigenvalue weighted by molar-refractivity contribution is 0.234. The van der Waals surface area contributed by atoms with Crippen LogP contribution < -0.4 is 0 Å². The molecule has 3 rings (SSSR count). The van der Waals surface area contributed by atoms with Gasteiger partial charge in [-0.15, -0.1) is 0 Å². The largest absolute Gasteiger partial charge is 0.206 e. The van der Waals surface area contributed by atoms with Crippen molar-refractivity contribution in [2.24, 2.45) is 17.8 Å². The van der Waals surface area contributed by atoms with Crippen LogP contribution in [0.1, 0.15) is 108 Å². The number of hydrogen-bond acceptors (Lipinski definition) is 1. The average Bonchev–Trinajstić information content (AvgIpc) is 2.78. The summed E-state index contributed by atoms with van der Waals surface area (Å²) in [5.41, 5.74) is 2.69. The maximum atomic E-state index is 13.8. The summed E-state index contributed by atoms with van der Waals surface area (Å²) in [4.78, 5) is 0. The van der Waals surface area contributed by atoms with Gasteiger partial charge in [0, 0.05) is 0 Å². The Kier molecular flexibility index (Phi) is 9.44. The van der Waals surface area contributed by atoms with Crippen molar-refractivity contribution >= 4 is 0 Å². The van der Waals surface area contributed by atoms with Crippen molar-refractivity contribution in [3.63, 3.8) is 0 Å². The SMILES string of the molecule is CCCCC[C@H]1CC[C@H](CCC2CC=C(CCc3ccc(C#N)c(F)c3)CC2)CC1. The Morgan fingerprint density at radius 2 is 1.67 bits per heavy atom. The van der Waals surface area contributed by atoms with E-state index in [0.29, 0.717) is 0 Å². The van der Waals surface area contributed by atoms with Gasteiger partial charge in [-0.2, -0.15) is 5.26 Å². The third kappa shape index (κ3) is 7.26. The standard InChI is InChI=1S/C28H40FN/c1-2-3-4-5-22-6-8-23(9-7-22)10-11-24-12-14-25(15-13-24)16-17-26-18-19-27(21-30)28(29)20-26/h14,18-20,22-24H,2-13,15-17H2,1H3/t22-,23-,24?. The molecule has 0 heterocycles. The van der Waals surface area contributed by atoms with Gasteiger partial charge in [-0.25, -0.2) is 4.39 Å². The second-order valence-electron chi connectivity index (χ2n) is 9.89. The van der Waals surface area contributed by atoms with Crippen molar-refractivity contribution in [1.82, 2.24) is 0 Å². The lowest BCUT2D eigenvalue weighted by Gasteiger charge is -2.30. The first-order valence-corrected chi connectivity index (χ1v) is 12.5. The van der Waals surface area contributed by atoms with Gasteiger partial charge in [0.15, 0.2) is 0 Å². The molecular weight excluding hydrogens is 369 g/mol. The summed E-state index contributed by atoms with van der Waals surface area (Å²) >= 11 is 0. The van der Waals surface area contributed by atoms with Gasteiger partial charge in [0.1, 0.15) is 11.9 Å². The Hall–Kier alpha value is -1.62. The molecule has 0 amide bonds. The van der Waals surface area contributed by atoms with E-state index in [1.165, 1.54) is 89.5 Å². The van der Waals surface area contributed by atoms with Gasteiger partial charge in [-0.05, 0) is 74.0 Å². The Morgan fingerprint density at radius 3 is 2.30 bits per heavy atom. The molecule has 1 aromatic carbocycles. The molecule has 0 radical (unpaired) electrons. The molecule has 1 saturated carbocycles. The van der Waals surface area contributed by atoms with Crippen LogP contribution in [0.3, 0.4) is 0 Å². The number of hydrogen-bond donors (Lipinski definition) is 0. The monoisotopic (exact) mass is 409 g/mol. The second kappa shape index (κ2) is 12.3. The van der Waals surface area contributed by atoms with Crippen LogP contribution >= 0.6 is 0 Å². The van der Waals surface area contributed by atoms with Gasteiger partial charge in [0.2, 0.25) is 0 Å². The lowest BCUT2D eigenvalue weighted by Crippen LogP contribution is -2.16. The van der Waals surface area contributed by atoms with E-state index in [9.17, 15) is 4.39 Å². The first-order valence-electron chi connectivity index (χ1n) is 12.5. The molecular formula is C28H40FN. The van der Waals surface area contributed by atoms with Gasteiger partial charge >= 0.3 is 0 Å². The van der Waals surface area contributed by atoms with Crippen molar-refractivity contribution < 1.29 is 4.39 Å². The third-order valence-corrected chi connectivity index (χ3v) is 7.67. The van der Waals surface area contributed by atoms with Crippen molar-refractivity contribution in [2.45, 2.75) is 103 Å².